The minimum Gasteiger partial charge on any atom is -0.468 e. The maximum Gasteiger partial charge on any atom is 0.329 e. The second kappa shape index (κ2) is 4.91. The van der Waals surface area contributed by atoms with E-state index >= 15 is 0 Å². The van der Waals surface area contributed by atoms with E-state index in [-0.39, 0.29) is 10.7 Å². The summed E-state index contributed by atoms with van der Waals surface area (Å²) in [4.78, 5) is 16.4. The molecule has 1 saturated carbocycles. The number of nitrogens with two attached hydrogens (primary N) is 1. The first-order chi connectivity index (χ1) is 11.0. The van der Waals surface area contributed by atoms with E-state index in [1.165, 1.54) is 26.0 Å². The number of hydrogen-bond acceptors (Lipinski definition) is 5. The van der Waals surface area contributed by atoms with Crippen molar-refractivity contribution >= 4 is 38.8 Å². The SMILES string of the molecule is COC(=O)[C@@]12SC(N)=N[C@@](C)(c3cc(Br)ccc3F)[C@]1(C)C2(F)F. The Hall–Kier alpha value is -1.22. The smallest absolute Gasteiger partial charge is 0.329 e. The summed E-state index contributed by atoms with van der Waals surface area (Å²) in [7, 11) is 1.03. The van der Waals surface area contributed by atoms with Gasteiger partial charge in [0.2, 0.25) is 0 Å². The predicted molar refractivity (Wildman–Crippen MR) is 88.5 cm³/mol. The van der Waals surface area contributed by atoms with E-state index in [0.29, 0.717) is 16.2 Å². The number of thioether (sulfide) groups is 1. The number of hydrogen-bond donors (Lipinski definition) is 1. The zero-order chi connectivity index (χ0) is 18.1. The molecule has 1 aromatic rings. The molecule has 1 aromatic carbocycles. The van der Waals surface area contributed by atoms with Gasteiger partial charge in [0.1, 0.15) is 11.4 Å². The number of amidine groups is 1. The lowest BCUT2D eigenvalue weighted by Crippen LogP contribution is -2.45. The predicted octanol–water partition coefficient (Wildman–Crippen LogP) is 3.43. The van der Waals surface area contributed by atoms with E-state index in [1.54, 1.807) is 0 Å². The second-order valence-corrected chi connectivity index (χ2v) is 8.27. The number of methoxy groups -OCH3 is 1. The van der Waals surface area contributed by atoms with Crippen molar-refractivity contribution in [3.8, 4) is 0 Å². The van der Waals surface area contributed by atoms with Crippen molar-refractivity contribution in [2.45, 2.75) is 30.1 Å². The van der Waals surface area contributed by atoms with E-state index in [4.69, 9.17) is 5.73 Å². The topological polar surface area (TPSA) is 64.7 Å². The van der Waals surface area contributed by atoms with Crippen LogP contribution in [0.1, 0.15) is 19.4 Å². The van der Waals surface area contributed by atoms with Gasteiger partial charge < -0.3 is 10.5 Å². The van der Waals surface area contributed by atoms with Crippen LogP contribution in [-0.4, -0.2) is 28.9 Å². The molecular formula is C15H14BrF3N2O2S. The minimum atomic E-state index is -3.48. The van der Waals surface area contributed by atoms with Gasteiger partial charge >= 0.3 is 5.97 Å². The van der Waals surface area contributed by atoms with E-state index in [9.17, 15) is 18.0 Å². The number of fused-ring (bicyclic) bond motifs is 1. The first kappa shape index (κ1) is 17.6. The number of carbonyl (C=O) groups excluding carboxylic acids is 1. The first-order valence-electron chi connectivity index (χ1n) is 6.95. The molecule has 9 heteroatoms. The number of carbonyl (C=O) groups is 1. The summed E-state index contributed by atoms with van der Waals surface area (Å²) in [5, 5.41) is -0.211. The number of alkyl halides is 2. The molecule has 1 aliphatic carbocycles. The Labute approximate surface area is 149 Å². The average molecular weight is 423 g/mol. The highest BCUT2D eigenvalue weighted by Crippen LogP contribution is 2.83. The highest BCUT2D eigenvalue weighted by molar-refractivity contribution is 9.10. The van der Waals surface area contributed by atoms with Crippen LogP contribution in [0.3, 0.4) is 0 Å². The van der Waals surface area contributed by atoms with Crippen LogP contribution in [0.25, 0.3) is 0 Å². The van der Waals surface area contributed by atoms with Gasteiger partial charge in [0, 0.05) is 10.0 Å². The molecule has 1 heterocycles. The molecule has 4 nitrogen and oxygen atoms in total. The quantitative estimate of drug-likeness (QED) is 0.741. The molecule has 0 radical (unpaired) electrons. The molecule has 0 saturated heterocycles. The Bertz CT molecular complexity index is 790. The molecule has 130 valence electrons. The van der Waals surface area contributed by atoms with Crippen LogP contribution in [-0.2, 0) is 15.1 Å². The fourth-order valence-corrected chi connectivity index (χ4v) is 5.52. The van der Waals surface area contributed by atoms with E-state index in [1.807, 2.05) is 0 Å². The summed E-state index contributed by atoms with van der Waals surface area (Å²) in [6, 6.07) is 3.99. The van der Waals surface area contributed by atoms with Gasteiger partial charge in [0.05, 0.1) is 12.5 Å². The standard InChI is InChI=1S/C15H14BrF3N2O2S/c1-12(8-6-7(16)4-5-9(8)17)13(2)14(10(22)23-3,15(13,18)19)24-11(20)21-12/h4-6H,1-3H3,(H2,20,21)/t12-,13-,14+/m0/s1. The second-order valence-electron chi connectivity index (χ2n) is 6.12. The van der Waals surface area contributed by atoms with Crippen LogP contribution in [0.5, 0.6) is 0 Å². The maximum atomic E-state index is 15.0. The Kier molecular flexibility index (Phi) is 3.60. The monoisotopic (exact) mass is 422 g/mol. The fourth-order valence-electron chi connectivity index (χ4n) is 3.64. The number of benzene rings is 1. The summed E-state index contributed by atoms with van der Waals surface area (Å²) in [5.41, 5.74) is 1.95. The van der Waals surface area contributed by atoms with Crippen LogP contribution < -0.4 is 5.73 Å². The molecule has 3 rings (SSSR count). The van der Waals surface area contributed by atoms with Crippen molar-refractivity contribution in [2.24, 2.45) is 16.1 Å². The lowest BCUT2D eigenvalue weighted by Gasteiger charge is -2.38. The zero-order valence-corrected chi connectivity index (χ0v) is 15.4. The van der Waals surface area contributed by atoms with Gasteiger partial charge in [-0.2, -0.15) is 0 Å². The van der Waals surface area contributed by atoms with Crippen molar-refractivity contribution in [3.63, 3.8) is 0 Å². The zero-order valence-electron chi connectivity index (χ0n) is 13.0. The molecule has 0 aromatic heterocycles. The molecule has 2 aliphatic rings. The Morgan fingerprint density at radius 3 is 2.58 bits per heavy atom. The summed E-state index contributed by atoms with van der Waals surface area (Å²) >= 11 is 3.68. The number of halogens is 4. The van der Waals surface area contributed by atoms with Crippen LogP contribution in [0.4, 0.5) is 13.2 Å². The summed E-state index contributed by atoms with van der Waals surface area (Å²) in [5.74, 6) is -5.28. The third kappa shape index (κ3) is 1.67. The van der Waals surface area contributed by atoms with Gasteiger partial charge in [-0.1, -0.05) is 27.7 Å². The van der Waals surface area contributed by atoms with Gasteiger partial charge in [0.25, 0.3) is 5.92 Å². The van der Waals surface area contributed by atoms with Gasteiger partial charge in [-0.05, 0) is 32.0 Å². The Morgan fingerprint density at radius 1 is 1.38 bits per heavy atom. The molecule has 24 heavy (non-hydrogen) atoms. The normalized spacial score (nSPS) is 36.5. The van der Waals surface area contributed by atoms with Gasteiger partial charge in [-0.25, -0.2) is 13.2 Å². The van der Waals surface area contributed by atoms with Crippen LogP contribution in [0, 0.1) is 11.2 Å². The molecule has 3 atom stereocenters. The van der Waals surface area contributed by atoms with E-state index in [0.717, 1.165) is 13.2 Å². The molecule has 1 fully saturated rings. The molecule has 1 aliphatic heterocycles. The number of esters is 1. The number of ether oxygens (including phenoxy) is 1. The van der Waals surface area contributed by atoms with Gasteiger partial charge in [-0.3, -0.25) is 9.79 Å². The van der Waals surface area contributed by atoms with E-state index < -0.39 is 33.4 Å². The maximum absolute atomic E-state index is 15.0. The van der Waals surface area contributed by atoms with E-state index in [2.05, 4.69) is 25.7 Å². The lowest BCUT2D eigenvalue weighted by molar-refractivity contribution is -0.143. The third-order valence-electron chi connectivity index (χ3n) is 5.20. The molecule has 0 amide bonds. The molecular weight excluding hydrogens is 409 g/mol. The molecule has 2 N–H and O–H groups in total. The van der Waals surface area contributed by atoms with Crippen LogP contribution in [0.2, 0.25) is 0 Å². The lowest BCUT2D eigenvalue weighted by atomic mass is 9.76. The Morgan fingerprint density at radius 2 is 2.00 bits per heavy atom. The molecule has 0 spiro atoms. The summed E-state index contributed by atoms with van der Waals surface area (Å²) in [6.07, 6.45) is 0. The van der Waals surface area contributed by atoms with Crippen LogP contribution >= 0.6 is 27.7 Å². The highest BCUT2D eigenvalue weighted by atomic mass is 79.9. The fraction of sp³-hybridized carbons (Fsp3) is 0.467. The largest absolute Gasteiger partial charge is 0.468 e. The van der Waals surface area contributed by atoms with Crippen molar-refractivity contribution < 1.29 is 22.7 Å². The average Bonchev–Trinajstić information content (AvgIpc) is 2.91. The number of aliphatic imine (C=N–C) groups is 1. The number of nitrogens with zero attached hydrogens (tertiary/aromatic N) is 1. The Balaban J connectivity index is 2.31. The van der Waals surface area contributed by atoms with Crippen molar-refractivity contribution in [2.75, 3.05) is 7.11 Å². The molecule has 0 bridgehead atoms. The van der Waals surface area contributed by atoms with Crippen molar-refractivity contribution in [1.82, 2.24) is 0 Å². The third-order valence-corrected chi connectivity index (χ3v) is 7.13. The summed E-state index contributed by atoms with van der Waals surface area (Å²) in [6.45, 7) is 2.58. The van der Waals surface area contributed by atoms with Crippen molar-refractivity contribution in [3.05, 3.63) is 34.1 Å². The highest BCUT2D eigenvalue weighted by Gasteiger charge is 3.00. The van der Waals surface area contributed by atoms with Gasteiger partial charge in [-0.15, -0.1) is 0 Å². The first-order valence-corrected chi connectivity index (χ1v) is 8.56. The van der Waals surface area contributed by atoms with Crippen LogP contribution in [0.15, 0.2) is 27.7 Å². The number of rotatable bonds is 2. The summed E-state index contributed by atoms with van der Waals surface area (Å²) < 4.78 is 47.3. The van der Waals surface area contributed by atoms with Gasteiger partial charge in [0.15, 0.2) is 9.91 Å². The molecule has 0 unspecified atom stereocenters. The minimum absolute atomic E-state index is 0.0620. The van der Waals surface area contributed by atoms with Crippen molar-refractivity contribution in [1.29, 1.82) is 0 Å².